The second-order valence-corrected chi connectivity index (χ2v) is 7.15. The van der Waals surface area contributed by atoms with E-state index in [-0.39, 0.29) is 0 Å². The van der Waals surface area contributed by atoms with Crippen molar-refractivity contribution in [1.29, 1.82) is 0 Å². The SMILES string of the molecule is C(#Cc1ccc(C2CCCCC2)cc1)c1ccc(-c2ccccc2)cc1. The van der Waals surface area contributed by atoms with Crippen LogP contribution in [0, 0.1) is 11.8 Å². The minimum Gasteiger partial charge on any atom is -0.0622 e. The Morgan fingerprint density at radius 2 is 1.08 bits per heavy atom. The molecular weight excluding hydrogens is 312 g/mol. The van der Waals surface area contributed by atoms with E-state index in [0.29, 0.717) is 0 Å². The Bertz CT molecular complexity index is 884. The second-order valence-electron chi connectivity index (χ2n) is 7.15. The van der Waals surface area contributed by atoms with Gasteiger partial charge in [0.05, 0.1) is 0 Å². The highest BCUT2D eigenvalue weighted by Crippen LogP contribution is 2.32. The van der Waals surface area contributed by atoms with Gasteiger partial charge < -0.3 is 0 Å². The van der Waals surface area contributed by atoms with Gasteiger partial charge in [-0.2, -0.15) is 0 Å². The van der Waals surface area contributed by atoms with E-state index in [1.165, 1.54) is 48.8 Å². The maximum atomic E-state index is 3.30. The van der Waals surface area contributed by atoms with Crippen LogP contribution < -0.4 is 0 Å². The second kappa shape index (κ2) is 8.07. The van der Waals surface area contributed by atoms with Crippen LogP contribution in [0.4, 0.5) is 0 Å². The quantitative estimate of drug-likeness (QED) is 0.451. The minimum atomic E-state index is 0.760. The first-order valence-corrected chi connectivity index (χ1v) is 9.66. The van der Waals surface area contributed by atoms with Gasteiger partial charge in [-0.1, -0.05) is 85.7 Å². The highest BCUT2D eigenvalue weighted by atomic mass is 14.2. The summed E-state index contributed by atoms with van der Waals surface area (Å²) in [5.74, 6) is 7.35. The molecule has 0 nitrogen and oxygen atoms in total. The van der Waals surface area contributed by atoms with Crippen molar-refractivity contribution >= 4 is 0 Å². The zero-order valence-corrected chi connectivity index (χ0v) is 15.1. The van der Waals surface area contributed by atoms with Gasteiger partial charge in [0.25, 0.3) is 0 Å². The standard InChI is InChI=1S/C26H24/c1-3-7-23(8-4-1)25-17-13-21(14-18-25)11-12-22-15-19-26(20-16-22)24-9-5-2-6-10-24/h1,3-4,7-8,13-20,24H,2,5-6,9-10H2. The van der Waals surface area contributed by atoms with E-state index in [4.69, 9.17) is 0 Å². The van der Waals surface area contributed by atoms with E-state index in [1.807, 2.05) is 6.07 Å². The van der Waals surface area contributed by atoms with E-state index in [0.717, 1.165) is 17.0 Å². The average molecular weight is 336 g/mol. The zero-order chi connectivity index (χ0) is 17.6. The summed E-state index contributed by atoms with van der Waals surface area (Å²) in [5.41, 5.74) is 6.11. The number of hydrogen-bond donors (Lipinski definition) is 0. The van der Waals surface area contributed by atoms with Crippen molar-refractivity contribution in [2.75, 3.05) is 0 Å². The number of benzene rings is 3. The Hall–Kier alpha value is -2.78. The summed E-state index contributed by atoms with van der Waals surface area (Å²) in [6.07, 6.45) is 6.86. The molecule has 1 saturated carbocycles. The van der Waals surface area contributed by atoms with Crippen molar-refractivity contribution in [2.45, 2.75) is 38.0 Å². The van der Waals surface area contributed by atoms with Gasteiger partial charge in [0, 0.05) is 11.1 Å². The molecule has 1 aliphatic rings. The Balaban J connectivity index is 1.45. The molecule has 0 unspecified atom stereocenters. The summed E-state index contributed by atoms with van der Waals surface area (Å²) in [4.78, 5) is 0. The molecule has 0 N–H and O–H groups in total. The Labute approximate surface area is 156 Å². The molecule has 1 aliphatic carbocycles. The van der Waals surface area contributed by atoms with Crippen LogP contribution in [-0.4, -0.2) is 0 Å². The molecule has 4 rings (SSSR count). The van der Waals surface area contributed by atoms with E-state index in [9.17, 15) is 0 Å². The summed E-state index contributed by atoms with van der Waals surface area (Å²) >= 11 is 0. The van der Waals surface area contributed by atoms with Gasteiger partial charge in [-0.05, 0) is 59.7 Å². The normalized spacial score (nSPS) is 14.5. The van der Waals surface area contributed by atoms with Gasteiger partial charge in [0.1, 0.15) is 0 Å². The molecule has 3 aromatic carbocycles. The van der Waals surface area contributed by atoms with Crippen LogP contribution in [0.25, 0.3) is 11.1 Å². The molecule has 0 heteroatoms. The summed E-state index contributed by atoms with van der Waals surface area (Å²) in [7, 11) is 0. The molecule has 0 spiro atoms. The molecule has 0 radical (unpaired) electrons. The van der Waals surface area contributed by atoms with Gasteiger partial charge >= 0.3 is 0 Å². The molecule has 0 bridgehead atoms. The molecule has 3 aromatic rings. The van der Waals surface area contributed by atoms with Gasteiger partial charge in [0.2, 0.25) is 0 Å². The monoisotopic (exact) mass is 336 g/mol. The maximum Gasteiger partial charge on any atom is 0.0249 e. The third-order valence-corrected chi connectivity index (χ3v) is 5.33. The van der Waals surface area contributed by atoms with Crippen molar-refractivity contribution < 1.29 is 0 Å². The van der Waals surface area contributed by atoms with Crippen molar-refractivity contribution in [3.8, 4) is 23.0 Å². The van der Waals surface area contributed by atoms with Crippen LogP contribution in [-0.2, 0) is 0 Å². The Morgan fingerprint density at radius 1 is 0.538 bits per heavy atom. The molecule has 0 amide bonds. The summed E-state index contributed by atoms with van der Waals surface area (Å²) in [6.45, 7) is 0. The van der Waals surface area contributed by atoms with Crippen LogP contribution in [0.3, 0.4) is 0 Å². The third-order valence-electron chi connectivity index (χ3n) is 5.33. The molecule has 26 heavy (non-hydrogen) atoms. The van der Waals surface area contributed by atoms with Gasteiger partial charge in [-0.15, -0.1) is 0 Å². The molecule has 0 heterocycles. The summed E-state index contributed by atoms with van der Waals surface area (Å²) < 4.78 is 0. The molecule has 0 saturated heterocycles. The fourth-order valence-electron chi connectivity index (χ4n) is 3.80. The van der Waals surface area contributed by atoms with Crippen LogP contribution >= 0.6 is 0 Å². The lowest BCUT2D eigenvalue weighted by Crippen LogP contribution is -2.04. The van der Waals surface area contributed by atoms with Crippen molar-refractivity contribution in [3.05, 3.63) is 95.6 Å². The van der Waals surface area contributed by atoms with Gasteiger partial charge in [-0.3, -0.25) is 0 Å². The van der Waals surface area contributed by atoms with E-state index in [1.54, 1.807) is 0 Å². The van der Waals surface area contributed by atoms with E-state index < -0.39 is 0 Å². The largest absolute Gasteiger partial charge is 0.0622 e. The van der Waals surface area contributed by atoms with Crippen LogP contribution in [0.15, 0.2) is 78.9 Å². The third kappa shape index (κ3) is 4.06. The molecule has 0 atom stereocenters. The van der Waals surface area contributed by atoms with Gasteiger partial charge in [0.15, 0.2) is 0 Å². The molecule has 128 valence electrons. The lowest BCUT2D eigenvalue weighted by molar-refractivity contribution is 0.443. The molecular formula is C26H24. The lowest BCUT2D eigenvalue weighted by Gasteiger charge is -2.21. The molecule has 1 fully saturated rings. The smallest absolute Gasteiger partial charge is 0.0249 e. The van der Waals surface area contributed by atoms with Gasteiger partial charge in [-0.25, -0.2) is 0 Å². The first-order chi connectivity index (χ1) is 12.9. The predicted molar refractivity (Wildman–Crippen MR) is 110 cm³/mol. The molecule has 0 aromatic heterocycles. The number of rotatable bonds is 2. The highest BCUT2D eigenvalue weighted by molar-refractivity contribution is 5.64. The zero-order valence-electron chi connectivity index (χ0n) is 15.1. The van der Waals surface area contributed by atoms with Crippen molar-refractivity contribution in [3.63, 3.8) is 0 Å². The van der Waals surface area contributed by atoms with Crippen LogP contribution in [0.5, 0.6) is 0 Å². The first-order valence-electron chi connectivity index (χ1n) is 9.66. The van der Waals surface area contributed by atoms with Crippen molar-refractivity contribution in [2.24, 2.45) is 0 Å². The maximum absolute atomic E-state index is 3.30. The highest BCUT2D eigenvalue weighted by Gasteiger charge is 2.14. The number of hydrogen-bond acceptors (Lipinski definition) is 0. The lowest BCUT2D eigenvalue weighted by atomic mass is 9.84. The fraction of sp³-hybridized carbons (Fsp3) is 0.231. The van der Waals surface area contributed by atoms with Crippen LogP contribution in [0.2, 0.25) is 0 Å². The average Bonchev–Trinajstić information content (AvgIpc) is 2.74. The fourth-order valence-corrected chi connectivity index (χ4v) is 3.80. The molecule has 0 aliphatic heterocycles. The predicted octanol–water partition coefficient (Wildman–Crippen LogP) is 6.80. The summed E-state index contributed by atoms with van der Waals surface area (Å²) in [6, 6.07) is 27.8. The Morgan fingerprint density at radius 3 is 1.69 bits per heavy atom. The minimum absolute atomic E-state index is 0.760. The van der Waals surface area contributed by atoms with Crippen LogP contribution in [0.1, 0.15) is 54.7 Å². The summed E-state index contributed by atoms with van der Waals surface area (Å²) in [5, 5.41) is 0. The van der Waals surface area contributed by atoms with E-state index in [2.05, 4.69) is 84.6 Å². The first kappa shape index (κ1) is 16.7. The Kier molecular flexibility index (Phi) is 5.17. The topological polar surface area (TPSA) is 0 Å². The van der Waals surface area contributed by atoms with Crippen molar-refractivity contribution in [1.82, 2.24) is 0 Å². The van der Waals surface area contributed by atoms with E-state index >= 15 is 0 Å².